The van der Waals surface area contributed by atoms with E-state index in [2.05, 4.69) is 28.7 Å². The zero-order chi connectivity index (χ0) is 10.5. The number of hydrogen-bond acceptors (Lipinski definition) is 2. The molecule has 0 amide bonds. The van der Waals surface area contributed by atoms with Gasteiger partial charge in [-0.3, -0.25) is 0 Å². The second kappa shape index (κ2) is 4.39. The molecule has 15 heavy (non-hydrogen) atoms. The minimum absolute atomic E-state index is 0.916. The molecule has 0 saturated heterocycles. The molecule has 1 aromatic carbocycles. The molecule has 71 valence electrons. The molecule has 0 spiro atoms. The zero-order valence-electron chi connectivity index (χ0n) is 8.14. The summed E-state index contributed by atoms with van der Waals surface area (Å²) in [7, 11) is 0. The standard InChI is InChI=1S/C13H9N2/c1-2-3-11-4-6-12(7-5-11)13-8-9-14-10-15-13/h4-10H,1H2. The Morgan fingerprint density at radius 1 is 1.07 bits per heavy atom. The first-order chi connectivity index (χ1) is 7.40. The van der Waals surface area contributed by atoms with E-state index in [9.17, 15) is 0 Å². The van der Waals surface area contributed by atoms with Gasteiger partial charge >= 0.3 is 0 Å². The van der Waals surface area contributed by atoms with Gasteiger partial charge < -0.3 is 0 Å². The molecule has 0 atom stereocenters. The van der Waals surface area contributed by atoms with Crippen LogP contribution < -0.4 is 0 Å². The maximum Gasteiger partial charge on any atom is 0.116 e. The third kappa shape index (κ3) is 2.21. The largest absolute Gasteiger partial charge is 0.245 e. The van der Waals surface area contributed by atoms with Crippen LogP contribution in [0.3, 0.4) is 0 Å². The molecule has 2 nitrogen and oxygen atoms in total. The van der Waals surface area contributed by atoms with E-state index >= 15 is 0 Å². The molecule has 0 aliphatic rings. The van der Waals surface area contributed by atoms with Gasteiger partial charge in [0.05, 0.1) is 5.69 Å². The van der Waals surface area contributed by atoms with Gasteiger partial charge in [0.15, 0.2) is 0 Å². The Morgan fingerprint density at radius 2 is 1.87 bits per heavy atom. The second-order valence-corrected chi connectivity index (χ2v) is 2.97. The summed E-state index contributed by atoms with van der Waals surface area (Å²) in [6.45, 7) is 3.48. The van der Waals surface area contributed by atoms with Crippen molar-refractivity contribution in [2.45, 2.75) is 0 Å². The SMILES string of the molecule is [CH2]C#Cc1ccc(-c2ccncn2)cc1. The molecule has 0 unspecified atom stereocenters. The zero-order valence-corrected chi connectivity index (χ0v) is 8.14. The first kappa shape index (κ1) is 9.42. The van der Waals surface area contributed by atoms with Crippen LogP contribution in [0.15, 0.2) is 42.9 Å². The summed E-state index contributed by atoms with van der Waals surface area (Å²) in [5.74, 6) is 5.51. The normalized spacial score (nSPS) is 9.13. The third-order valence-electron chi connectivity index (χ3n) is 2.00. The molecular formula is C13H9N2. The highest BCUT2D eigenvalue weighted by Crippen LogP contribution is 2.15. The lowest BCUT2D eigenvalue weighted by atomic mass is 10.1. The Kier molecular flexibility index (Phi) is 2.75. The molecule has 2 heteroatoms. The van der Waals surface area contributed by atoms with Crippen molar-refractivity contribution >= 4 is 0 Å². The fraction of sp³-hybridized carbons (Fsp3) is 0. The van der Waals surface area contributed by atoms with Crippen LogP contribution in [-0.2, 0) is 0 Å². The second-order valence-electron chi connectivity index (χ2n) is 2.97. The van der Waals surface area contributed by atoms with Gasteiger partial charge in [-0.1, -0.05) is 24.0 Å². The fourth-order valence-corrected chi connectivity index (χ4v) is 1.29. The molecular weight excluding hydrogens is 184 g/mol. The van der Waals surface area contributed by atoms with Crippen molar-refractivity contribution in [3.05, 3.63) is 55.3 Å². The first-order valence-electron chi connectivity index (χ1n) is 4.55. The Balaban J connectivity index is 2.35. The van der Waals surface area contributed by atoms with Gasteiger partial charge in [0.25, 0.3) is 0 Å². The summed E-state index contributed by atoms with van der Waals surface area (Å²) >= 11 is 0. The van der Waals surface area contributed by atoms with E-state index in [1.807, 2.05) is 30.3 Å². The fourth-order valence-electron chi connectivity index (χ4n) is 1.29. The lowest BCUT2D eigenvalue weighted by molar-refractivity contribution is 1.17. The van der Waals surface area contributed by atoms with Gasteiger partial charge in [0.1, 0.15) is 6.33 Å². The highest BCUT2D eigenvalue weighted by Gasteiger charge is 1.96. The smallest absolute Gasteiger partial charge is 0.116 e. The van der Waals surface area contributed by atoms with Crippen LogP contribution in [-0.4, -0.2) is 9.97 Å². The summed E-state index contributed by atoms with van der Waals surface area (Å²) < 4.78 is 0. The number of aromatic nitrogens is 2. The molecule has 1 aromatic heterocycles. The predicted molar refractivity (Wildman–Crippen MR) is 59.7 cm³/mol. The molecule has 1 radical (unpaired) electrons. The summed E-state index contributed by atoms with van der Waals surface area (Å²) in [5, 5.41) is 0. The number of rotatable bonds is 1. The van der Waals surface area contributed by atoms with Crippen LogP contribution >= 0.6 is 0 Å². The van der Waals surface area contributed by atoms with Gasteiger partial charge in [-0.15, -0.1) is 0 Å². The number of nitrogens with zero attached hydrogens (tertiary/aromatic N) is 2. The number of hydrogen-bond donors (Lipinski definition) is 0. The predicted octanol–water partition coefficient (Wildman–Crippen LogP) is 2.33. The summed E-state index contributed by atoms with van der Waals surface area (Å²) in [4.78, 5) is 8.04. The quantitative estimate of drug-likeness (QED) is 0.649. The van der Waals surface area contributed by atoms with Crippen LogP contribution in [0.1, 0.15) is 5.56 Å². The van der Waals surface area contributed by atoms with Crippen LogP contribution in [0.4, 0.5) is 0 Å². The summed E-state index contributed by atoms with van der Waals surface area (Å²) in [6.07, 6.45) is 3.27. The van der Waals surface area contributed by atoms with Crippen LogP contribution in [0.5, 0.6) is 0 Å². The van der Waals surface area contributed by atoms with E-state index in [1.54, 1.807) is 12.5 Å². The Bertz CT molecular complexity index is 490. The van der Waals surface area contributed by atoms with E-state index in [1.165, 1.54) is 0 Å². The molecule has 1 heterocycles. The van der Waals surface area contributed by atoms with Crippen LogP contribution in [0.25, 0.3) is 11.3 Å². The first-order valence-corrected chi connectivity index (χ1v) is 4.55. The molecule has 0 aliphatic heterocycles. The van der Waals surface area contributed by atoms with Gasteiger partial charge in [-0.2, -0.15) is 0 Å². The minimum atomic E-state index is 0.916. The number of benzene rings is 1. The van der Waals surface area contributed by atoms with Crippen molar-refractivity contribution in [1.29, 1.82) is 0 Å². The molecule has 0 bridgehead atoms. The van der Waals surface area contributed by atoms with Gasteiger partial charge in [-0.05, 0) is 18.2 Å². The monoisotopic (exact) mass is 193 g/mol. The van der Waals surface area contributed by atoms with Crippen LogP contribution in [0.2, 0.25) is 0 Å². The van der Waals surface area contributed by atoms with Crippen molar-refractivity contribution in [2.24, 2.45) is 0 Å². The highest BCUT2D eigenvalue weighted by molar-refractivity contribution is 5.59. The molecule has 2 aromatic rings. The van der Waals surface area contributed by atoms with Gasteiger partial charge in [0.2, 0.25) is 0 Å². The summed E-state index contributed by atoms with van der Waals surface area (Å²) in [6, 6.07) is 9.76. The average Bonchev–Trinajstić information content (AvgIpc) is 2.32. The van der Waals surface area contributed by atoms with E-state index < -0.39 is 0 Å². The lowest BCUT2D eigenvalue weighted by Gasteiger charge is -1.99. The van der Waals surface area contributed by atoms with E-state index in [0.29, 0.717) is 0 Å². The van der Waals surface area contributed by atoms with E-state index in [4.69, 9.17) is 0 Å². The molecule has 0 aliphatic carbocycles. The van der Waals surface area contributed by atoms with E-state index in [-0.39, 0.29) is 0 Å². The molecule has 0 N–H and O–H groups in total. The molecule has 2 rings (SSSR count). The van der Waals surface area contributed by atoms with Crippen molar-refractivity contribution in [3.63, 3.8) is 0 Å². The minimum Gasteiger partial charge on any atom is -0.245 e. The van der Waals surface area contributed by atoms with Crippen molar-refractivity contribution in [1.82, 2.24) is 9.97 Å². The maximum absolute atomic E-state index is 4.17. The Morgan fingerprint density at radius 3 is 2.47 bits per heavy atom. The topological polar surface area (TPSA) is 25.8 Å². The van der Waals surface area contributed by atoms with Crippen molar-refractivity contribution in [2.75, 3.05) is 0 Å². The molecule has 0 fully saturated rings. The van der Waals surface area contributed by atoms with Gasteiger partial charge in [-0.25, -0.2) is 9.97 Å². The highest BCUT2D eigenvalue weighted by atomic mass is 14.8. The average molecular weight is 193 g/mol. The van der Waals surface area contributed by atoms with Gasteiger partial charge in [0, 0.05) is 24.2 Å². The van der Waals surface area contributed by atoms with Crippen LogP contribution in [0, 0.1) is 18.8 Å². The van der Waals surface area contributed by atoms with E-state index in [0.717, 1.165) is 16.8 Å². The van der Waals surface area contributed by atoms with Crippen molar-refractivity contribution < 1.29 is 0 Å². The lowest BCUT2D eigenvalue weighted by Crippen LogP contribution is -1.83. The Hall–Kier alpha value is -2.14. The molecule has 0 saturated carbocycles. The maximum atomic E-state index is 4.17. The third-order valence-corrected chi connectivity index (χ3v) is 2.00. The Labute approximate surface area is 89.0 Å². The summed E-state index contributed by atoms with van der Waals surface area (Å²) in [5.41, 5.74) is 2.94. The van der Waals surface area contributed by atoms with Crippen molar-refractivity contribution in [3.8, 4) is 23.1 Å².